The van der Waals surface area contributed by atoms with Crippen molar-refractivity contribution >= 4 is 15.9 Å². The molecule has 1 aliphatic rings. The van der Waals surface area contributed by atoms with E-state index in [1.807, 2.05) is 30.3 Å². The number of carbonyl (C=O) groups is 1. The summed E-state index contributed by atoms with van der Waals surface area (Å²) < 4.78 is 33.7. The Kier molecular flexibility index (Phi) is 5.63. The topological polar surface area (TPSA) is 80.6 Å². The molecule has 26 heavy (non-hydrogen) atoms. The lowest BCUT2D eigenvalue weighted by molar-refractivity contribution is 0.0939. The summed E-state index contributed by atoms with van der Waals surface area (Å²) in [5, 5.41) is 2.75. The minimum Gasteiger partial charge on any atom is -0.492 e. The van der Waals surface area contributed by atoms with Gasteiger partial charge in [0, 0.05) is 26.3 Å². The van der Waals surface area contributed by atoms with Crippen molar-refractivity contribution in [2.45, 2.75) is 17.7 Å². The minimum atomic E-state index is -3.53. The van der Waals surface area contributed by atoms with E-state index in [1.165, 1.54) is 21.1 Å². The molecule has 7 nitrogen and oxygen atoms in total. The summed E-state index contributed by atoms with van der Waals surface area (Å²) in [6.07, 6.45) is 3.24. The van der Waals surface area contributed by atoms with E-state index in [0.717, 1.165) is 18.6 Å². The van der Waals surface area contributed by atoms with Gasteiger partial charge in [-0.1, -0.05) is 18.2 Å². The Morgan fingerprint density at radius 1 is 1.19 bits per heavy atom. The van der Waals surface area contributed by atoms with Crippen LogP contribution >= 0.6 is 0 Å². The molecular weight excluding hydrogens is 354 g/mol. The fraction of sp³-hybridized carbons (Fsp3) is 0.389. The molecule has 0 unspecified atom stereocenters. The highest BCUT2D eigenvalue weighted by Gasteiger charge is 2.29. The minimum absolute atomic E-state index is 0.160. The summed E-state index contributed by atoms with van der Waals surface area (Å²) in [4.78, 5) is 12.5. The number of ether oxygens (including phenoxy) is 1. The fourth-order valence-corrected chi connectivity index (χ4v) is 4.51. The van der Waals surface area contributed by atoms with Crippen LogP contribution in [0, 0.1) is 0 Å². The van der Waals surface area contributed by atoms with Crippen LogP contribution in [0.1, 0.15) is 23.3 Å². The fourth-order valence-electron chi connectivity index (χ4n) is 2.92. The van der Waals surface area contributed by atoms with E-state index < -0.39 is 10.0 Å². The quantitative estimate of drug-likeness (QED) is 0.744. The van der Waals surface area contributed by atoms with Gasteiger partial charge in [0.05, 0.1) is 6.54 Å². The highest BCUT2D eigenvalue weighted by molar-refractivity contribution is 7.89. The monoisotopic (exact) mass is 377 g/mol. The molecule has 140 valence electrons. The molecule has 0 spiro atoms. The predicted molar refractivity (Wildman–Crippen MR) is 97.7 cm³/mol. The van der Waals surface area contributed by atoms with E-state index in [0.29, 0.717) is 31.9 Å². The van der Waals surface area contributed by atoms with Gasteiger partial charge in [-0.3, -0.25) is 4.79 Å². The number of benzene rings is 1. The van der Waals surface area contributed by atoms with Gasteiger partial charge in [-0.05, 0) is 31.0 Å². The van der Waals surface area contributed by atoms with E-state index in [-0.39, 0.29) is 10.8 Å². The van der Waals surface area contributed by atoms with Gasteiger partial charge in [0.2, 0.25) is 10.0 Å². The largest absolute Gasteiger partial charge is 0.492 e. The maximum Gasteiger partial charge on any atom is 0.268 e. The van der Waals surface area contributed by atoms with Gasteiger partial charge in [0.25, 0.3) is 5.91 Å². The van der Waals surface area contributed by atoms with Crippen LogP contribution in [-0.4, -0.2) is 49.4 Å². The SMILES string of the molecule is Cn1cc(S(=O)(=O)N2CCCC2)cc1C(=O)NCCOc1ccccc1. The van der Waals surface area contributed by atoms with E-state index in [4.69, 9.17) is 4.74 Å². The zero-order valence-corrected chi connectivity index (χ0v) is 15.5. The molecule has 1 aromatic heterocycles. The normalized spacial score (nSPS) is 15.1. The van der Waals surface area contributed by atoms with Crippen LogP contribution in [0.2, 0.25) is 0 Å². The number of carbonyl (C=O) groups excluding carboxylic acids is 1. The molecule has 8 heteroatoms. The Bertz CT molecular complexity index is 856. The second-order valence-corrected chi connectivity index (χ2v) is 8.14. The Morgan fingerprint density at radius 3 is 2.58 bits per heavy atom. The molecule has 0 bridgehead atoms. The first-order chi connectivity index (χ1) is 12.5. The molecule has 0 aliphatic carbocycles. The van der Waals surface area contributed by atoms with E-state index in [1.54, 1.807) is 7.05 Å². The Hall–Kier alpha value is -2.32. The van der Waals surface area contributed by atoms with E-state index >= 15 is 0 Å². The highest BCUT2D eigenvalue weighted by Crippen LogP contribution is 2.22. The molecule has 1 amide bonds. The lowest BCUT2D eigenvalue weighted by Gasteiger charge is -2.13. The van der Waals surface area contributed by atoms with E-state index in [2.05, 4.69) is 5.32 Å². The first-order valence-electron chi connectivity index (χ1n) is 8.61. The van der Waals surface area contributed by atoms with Gasteiger partial charge in [-0.2, -0.15) is 4.31 Å². The van der Waals surface area contributed by atoms with Crippen molar-refractivity contribution in [2.75, 3.05) is 26.2 Å². The maximum absolute atomic E-state index is 12.6. The van der Waals surface area contributed by atoms with Crippen molar-refractivity contribution in [1.29, 1.82) is 0 Å². The molecule has 1 fully saturated rings. The summed E-state index contributed by atoms with van der Waals surface area (Å²) in [6.45, 7) is 1.73. The van der Waals surface area contributed by atoms with Gasteiger partial charge in [0.15, 0.2) is 0 Å². The number of aromatic nitrogens is 1. The number of aryl methyl sites for hydroxylation is 1. The number of hydrogen-bond acceptors (Lipinski definition) is 4. The summed E-state index contributed by atoms with van der Waals surface area (Å²) in [5.41, 5.74) is 0.308. The highest BCUT2D eigenvalue weighted by atomic mass is 32.2. The lowest BCUT2D eigenvalue weighted by atomic mass is 10.3. The summed E-state index contributed by atoms with van der Waals surface area (Å²) >= 11 is 0. The van der Waals surface area contributed by atoms with Crippen LogP contribution in [0.4, 0.5) is 0 Å². The molecular formula is C18H23N3O4S. The number of nitrogens with one attached hydrogen (secondary N) is 1. The van der Waals surface area contributed by atoms with Crippen molar-refractivity contribution in [3.63, 3.8) is 0 Å². The van der Waals surface area contributed by atoms with Gasteiger partial charge in [0.1, 0.15) is 22.9 Å². The van der Waals surface area contributed by atoms with Crippen LogP contribution in [0.3, 0.4) is 0 Å². The number of rotatable bonds is 7. The summed E-state index contributed by atoms with van der Waals surface area (Å²) in [5.74, 6) is 0.409. The van der Waals surface area contributed by atoms with Gasteiger partial charge < -0.3 is 14.6 Å². The van der Waals surface area contributed by atoms with Crippen molar-refractivity contribution in [2.24, 2.45) is 7.05 Å². The first-order valence-corrected chi connectivity index (χ1v) is 10.0. The maximum atomic E-state index is 12.6. The molecule has 0 saturated carbocycles. The van der Waals surface area contributed by atoms with Gasteiger partial charge >= 0.3 is 0 Å². The zero-order valence-electron chi connectivity index (χ0n) is 14.7. The van der Waals surface area contributed by atoms with Crippen LogP contribution in [0.5, 0.6) is 5.75 Å². The van der Waals surface area contributed by atoms with Crippen molar-refractivity contribution in [1.82, 2.24) is 14.2 Å². The average molecular weight is 377 g/mol. The molecule has 0 radical (unpaired) electrons. The number of amides is 1. The third-order valence-electron chi connectivity index (χ3n) is 4.31. The van der Waals surface area contributed by atoms with Crippen LogP contribution in [0.15, 0.2) is 47.5 Å². The molecule has 0 atom stereocenters. The number of nitrogens with zero attached hydrogens (tertiary/aromatic N) is 2. The number of hydrogen-bond donors (Lipinski definition) is 1. The van der Waals surface area contributed by atoms with Crippen molar-refractivity contribution < 1.29 is 17.9 Å². The standard InChI is InChI=1S/C18H23N3O4S/c1-20-14-16(26(23,24)21-10-5-6-11-21)13-17(20)18(22)19-9-12-25-15-7-3-2-4-8-15/h2-4,7-8,13-14H,5-6,9-12H2,1H3,(H,19,22). The second kappa shape index (κ2) is 7.92. The smallest absolute Gasteiger partial charge is 0.268 e. The Balaban J connectivity index is 1.58. The van der Waals surface area contributed by atoms with Gasteiger partial charge in [-0.25, -0.2) is 8.42 Å². The predicted octanol–water partition coefficient (Wildman–Crippen LogP) is 1.62. The molecule has 1 N–H and O–H groups in total. The third-order valence-corrected chi connectivity index (χ3v) is 6.18. The summed E-state index contributed by atoms with van der Waals surface area (Å²) in [6, 6.07) is 10.8. The van der Waals surface area contributed by atoms with Gasteiger partial charge in [-0.15, -0.1) is 0 Å². The van der Waals surface area contributed by atoms with Crippen molar-refractivity contribution in [3.05, 3.63) is 48.3 Å². The molecule has 3 rings (SSSR count). The second-order valence-electron chi connectivity index (χ2n) is 6.20. The lowest BCUT2D eigenvalue weighted by Crippen LogP contribution is -2.29. The molecule has 2 aromatic rings. The summed E-state index contributed by atoms with van der Waals surface area (Å²) in [7, 11) is -1.86. The Morgan fingerprint density at radius 2 is 1.88 bits per heavy atom. The van der Waals surface area contributed by atoms with Crippen LogP contribution in [-0.2, 0) is 17.1 Å². The first kappa shape index (κ1) is 18.5. The third kappa shape index (κ3) is 4.08. The number of sulfonamides is 1. The molecule has 1 aromatic carbocycles. The van der Waals surface area contributed by atoms with E-state index in [9.17, 15) is 13.2 Å². The molecule has 1 aliphatic heterocycles. The Labute approximate surface area is 153 Å². The zero-order chi connectivity index (χ0) is 18.6. The molecule has 1 saturated heterocycles. The van der Waals surface area contributed by atoms with Crippen LogP contribution in [0.25, 0.3) is 0 Å². The van der Waals surface area contributed by atoms with Crippen molar-refractivity contribution in [3.8, 4) is 5.75 Å². The average Bonchev–Trinajstić information content (AvgIpc) is 3.30. The number of para-hydroxylation sites is 1. The van der Waals surface area contributed by atoms with Crippen LogP contribution < -0.4 is 10.1 Å². The molecule has 2 heterocycles.